The van der Waals surface area contributed by atoms with E-state index in [2.05, 4.69) is 39.7 Å². The predicted octanol–water partition coefficient (Wildman–Crippen LogP) is 4.04. The Morgan fingerprint density at radius 2 is 1.69 bits per heavy atom. The number of benzene rings is 2. The highest BCUT2D eigenvalue weighted by Gasteiger charge is 2.05. The van der Waals surface area contributed by atoms with E-state index in [1.54, 1.807) is 12.4 Å². The van der Waals surface area contributed by atoms with Crippen molar-refractivity contribution in [2.45, 2.75) is 13.1 Å². The molecule has 0 fully saturated rings. The monoisotopic (exact) mass is 346 g/mol. The lowest BCUT2D eigenvalue weighted by Gasteiger charge is -2.20. The van der Waals surface area contributed by atoms with Gasteiger partial charge in [-0.15, -0.1) is 0 Å². The molecule has 1 aromatic heterocycles. The molecule has 0 unspecified atom stereocenters. The lowest BCUT2D eigenvalue weighted by atomic mass is 10.2. The van der Waals surface area contributed by atoms with E-state index in [9.17, 15) is 4.79 Å². The number of carbonyl (C=O) groups is 1. The molecule has 0 atom stereocenters. The Hall–Kier alpha value is -3.34. The third-order valence-corrected chi connectivity index (χ3v) is 4.00. The summed E-state index contributed by atoms with van der Waals surface area (Å²) in [6, 6.07) is 21.7. The fraction of sp³-hybridized carbons (Fsp3) is 0.143. The molecule has 0 saturated heterocycles. The van der Waals surface area contributed by atoms with Gasteiger partial charge in [-0.25, -0.2) is 4.79 Å². The molecule has 3 rings (SSSR count). The van der Waals surface area contributed by atoms with Gasteiger partial charge >= 0.3 is 6.03 Å². The maximum absolute atomic E-state index is 12.0. The average molecular weight is 346 g/mol. The zero-order valence-electron chi connectivity index (χ0n) is 14.7. The summed E-state index contributed by atoms with van der Waals surface area (Å²) in [7, 11) is 2.05. The summed E-state index contributed by atoms with van der Waals surface area (Å²) < 4.78 is 0. The van der Waals surface area contributed by atoms with Gasteiger partial charge in [-0.2, -0.15) is 0 Å². The van der Waals surface area contributed by atoms with Crippen LogP contribution in [0, 0.1) is 0 Å². The second-order valence-electron chi connectivity index (χ2n) is 6.06. The van der Waals surface area contributed by atoms with Gasteiger partial charge in [0.2, 0.25) is 0 Å². The molecular weight excluding hydrogens is 324 g/mol. The van der Waals surface area contributed by atoms with E-state index in [-0.39, 0.29) is 6.03 Å². The molecule has 5 heteroatoms. The van der Waals surface area contributed by atoms with Crippen molar-refractivity contribution in [1.29, 1.82) is 0 Å². The van der Waals surface area contributed by atoms with Crippen LogP contribution in [0.3, 0.4) is 0 Å². The van der Waals surface area contributed by atoms with Crippen molar-refractivity contribution in [2.75, 3.05) is 17.3 Å². The SMILES string of the molecule is CN(Cc1ccccc1)c1ccc(NC(=O)NCc2cccnc2)cc1. The molecule has 0 radical (unpaired) electrons. The van der Waals surface area contributed by atoms with Crippen molar-refractivity contribution >= 4 is 17.4 Å². The highest BCUT2D eigenvalue weighted by molar-refractivity contribution is 5.89. The molecule has 5 nitrogen and oxygen atoms in total. The van der Waals surface area contributed by atoms with Crippen molar-refractivity contribution < 1.29 is 4.79 Å². The molecule has 26 heavy (non-hydrogen) atoms. The minimum absolute atomic E-state index is 0.237. The van der Waals surface area contributed by atoms with Gasteiger partial charge in [-0.05, 0) is 41.5 Å². The number of hydrogen-bond donors (Lipinski definition) is 2. The molecular formula is C21H22N4O. The number of rotatable bonds is 6. The van der Waals surface area contributed by atoms with Crippen LogP contribution in [0.15, 0.2) is 79.1 Å². The number of nitrogens with one attached hydrogen (secondary N) is 2. The summed E-state index contributed by atoms with van der Waals surface area (Å²) in [4.78, 5) is 18.2. The molecule has 0 aliphatic rings. The topological polar surface area (TPSA) is 57.3 Å². The lowest BCUT2D eigenvalue weighted by Crippen LogP contribution is -2.28. The van der Waals surface area contributed by atoms with E-state index in [0.717, 1.165) is 23.5 Å². The molecule has 2 N–H and O–H groups in total. The standard InChI is InChI=1S/C21H22N4O/c1-25(16-17-6-3-2-4-7-17)20-11-9-19(10-12-20)24-21(26)23-15-18-8-5-13-22-14-18/h2-14H,15-16H2,1H3,(H2,23,24,26). The molecule has 3 aromatic rings. The fourth-order valence-corrected chi connectivity index (χ4v) is 2.61. The van der Waals surface area contributed by atoms with Gasteiger partial charge in [-0.1, -0.05) is 36.4 Å². The molecule has 1 heterocycles. The van der Waals surface area contributed by atoms with E-state index >= 15 is 0 Å². The van der Waals surface area contributed by atoms with Crippen molar-refractivity contribution in [1.82, 2.24) is 10.3 Å². The Morgan fingerprint density at radius 1 is 0.962 bits per heavy atom. The second kappa shape index (κ2) is 8.67. The summed E-state index contributed by atoms with van der Waals surface area (Å²) >= 11 is 0. The van der Waals surface area contributed by atoms with Crippen LogP contribution in [0.2, 0.25) is 0 Å². The second-order valence-corrected chi connectivity index (χ2v) is 6.06. The molecule has 2 aromatic carbocycles. The fourth-order valence-electron chi connectivity index (χ4n) is 2.61. The lowest BCUT2D eigenvalue weighted by molar-refractivity contribution is 0.251. The van der Waals surface area contributed by atoms with Crippen molar-refractivity contribution in [3.63, 3.8) is 0 Å². The van der Waals surface area contributed by atoms with E-state index in [0.29, 0.717) is 6.54 Å². The first kappa shape index (κ1) is 17.5. The van der Waals surface area contributed by atoms with Crippen molar-refractivity contribution in [2.24, 2.45) is 0 Å². The summed E-state index contributed by atoms with van der Waals surface area (Å²) in [5.74, 6) is 0. The van der Waals surface area contributed by atoms with Crippen LogP contribution >= 0.6 is 0 Å². The first-order chi connectivity index (χ1) is 12.7. The summed E-state index contributed by atoms with van der Waals surface area (Å²) in [5, 5.41) is 5.66. The van der Waals surface area contributed by atoms with Gasteiger partial charge < -0.3 is 15.5 Å². The molecule has 0 aliphatic carbocycles. The first-order valence-corrected chi connectivity index (χ1v) is 8.49. The first-order valence-electron chi connectivity index (χ1n) is 8.49. The maximum Gasteiger partial charge on any atom is 0.319 e. The summed E-state index contributed by atoms with van der Waals surface area (Å²) in [6.07, 6.45) is 3.44. The maximum atomic E-state index is 12.0. The molecule has 0 aliphatic heterocycles. The van der Waals surface area contributed by atoms with Crippen LogP contribution in [-0.2, 0) is 13.1 Å². The number of aromatic nitrogens is 1. The Bertz CT molecular complexity index is 820. The Kier molecular flexibility index (Phi) is 5.83. The normalized spacial score (nSPS) is 10.2. The highest BCUT2D eigenvalue weighted by atomic mass is 16.2. The minimum Gasteiger partial charge on any atom is -0.370 e. The van der Waals surface area contributed by atoms with Crippen LogP contribution in [0.4, 0.5) is 16.2 Å². The molecule has 0 saturated carbocycles. The van der Waals surface area contributed by atoms with Crippen LogP contribution in [0.1, 0.15) is 11.1 Å². The number of nitrogens with zero attached hydrogens (tertiary/aromatic N) is 2. The van der Waals surface area contributed by atoms with Gasteiger partial charge in [0.15, 0.2) is 0 Å². The number of amides is 2. The van der Waals surface area contributed by atoms with Crippen molar-refractivity contribution in [3.05, 3.63) is 90.3 Å². The summed E-state index contributed by atoms with van der Waals surface area (Å²) in [6.45, 7) is 1.27. The van der Waals surface area contributed by atoms with Gasteiger partial charge in [0.1, 0.15) is 0 Å². The Morgan fingerprint density at radius 3 is 2.38 bits per heavy atom. The molecule has 0 spiro atoms. The number of pyridine rings is 1. The van der Waals surface area contributed by atoms with Crippen LogP contribution in [0.5, 0.6) is 0 Å². The molecule has 0 bridgehead atoms. The van der Waals surface area contributed by atoms with Crippen LogP contribution < -0.4 is 15.5 Å². The third kappa shape index (κ3) is 5.08. The number of hydrogen-bond acceptors (Lipinski definition) is 3. The quantitative estimate of drug-likeness (QED) is 0.708. The Balaban J connectivity index is 1.51. The number of carbonyl (C=O) groups excluding carboxylic acids is 1. The van der Waals surface area contributed by atoms with E-state index < -0.39 is 0 Å². The van der Waals surface area contributed by atoms with Gasteiger partial charge in [0.05, 0.1) is 0 Å². The predicted molar refractivity (Wildman–Crippen MR) is 105 cm³/mol. The van der Waals surface area contributed by atoms with Gasteiger partial charge in [0, 0.05) is 43.9 Å². The largest absolute Gasteiger partial charge is 0.370 e. The van der Waals surface area contributed by atoms with Gasteiger partial charge in [-0.3, -0.25) is 4.98 Å². The zero-order chi connectivity index (χ0) is 18.2. The van der Waals surface area contributed by atoms with E-state index in [1.807, 2.05) is 54.6 Å². The number of urea groups is 1. The van der Waals surface area contributed by atoms with Crippen LogP contribution in [-0.4, -0.2) is 18.1 Å². The third-order valence-electron chi connectivity index (χ3n) is 4.00. The van der Waals surface area contributed by atoms with Gasteiger partial charge in [0.25, 0.3) is 0 Å². The van der Waals surface area contributed by atoms with Crippen LogP contribution in [0.25, 0.3) is 0 Å². The summed E-state index contributed by atoms with van der Waals surface area (Å²) in [5.41, 5.74) is 4.06. The van der Waals surface area contributed by atoms with Crippen molar-refractivity contribution in [3.8, 4) is 0 Å². The zero-order valence-corrected chi connectivity index (χ0v) is 14.7. The molecule has 132 valence electrons. The minimum atomic E-state index is -0.237. The van der Waals surface area contributed by atoms with E-state index in [1.165, 1.54) is 5.56 Å². The number of anilines is 2. The smallest absolute Gasteiger partial charge is 0.319 e. The molecule has 2 amide bonds. The average Bonchev–Trinajstić information content (AvgIpc) is 2.68. The highest BCUT2D eigenvalue weighted by Crippen LogP contribution is 2.18. The van der Waals surface area contributed by atoms with E-state index in [4.69, 9.17) is 0 Å². The Labute approximate surface area is 153 Å².